The Hall–Kier alpha value is -0.610. The van der Waals surface area contributed by atoms with Crippen LogP contribution in [0, 0.1) is 5.92 Å². The Labute approximate surface area is 102 Å². The highest BCUT2D eigenvalue weighted by atomic mass is 16.3. The second-order valence-electron chi connectivity index (χ2n) is 5.89. The van der Waals surface area contributed by atoms with E-state index in [0.717, 1.165) is 38.6 Å². The van der Waals surface area contributed by atoms with Crippen LogP contribution in [0.1, 0.15) is 39.0 Å². The fourth-order valence-corrected chi connectivity index (χ4v) is 3.90. The zero-order chi connectivity index (χ0) is 12.0. The summed E-state index contributed by atoms with van der Waals surface area (Å²) in [4.78, 5) is 14.7. The van der Waals surface area contributed by atoms with Crippen molar-refractivity contribution < 1.29 is 9.90 Å². The molecule has 4 heteroatoms. The molecule has 17 heavy (non-hydrogen) atoms. The van der Waals surface area contributed by atoms with Crippen LogP contribution >= 0.6 is 0 Å². The zero-order valence-corrected chi connectivity index (χ0v) is 10.4. The van der Waals surface area contributed by atoms with E-state index in [1.165, 1.54) is 0 Å². The number of aliphatic hydroxyl groups is 1. The number of aliphatic hydroxyl groups excluding tert-OH is 1. The first-order valence-electron chi connectivity index (χ1n) is 6.90. The second-order valence-corrected chi connectivity index (χ2v) is 5.89. The van der Waals surface area contributed by atoms with Gasteiger partial charge in [-0.2, -0.15) is 0 Å². The molecule has 0 aliphatic carbocycles. The number of hydrogen-bond acceptors (Lipinski definition) is 3. The van der Waals surface area contributed by atoms with Gasteiger partial charge in [0.15, 0.2) is 0 Å². The highest BCUT2D eigenvalue weighted by Crippen LogP contribution is 2.37. The molecule has 0 spiro atoms. The summed E-state index contributed by atoms with van der Waals surface area (Å²) in [6, 6.07) is 0.932. The standard InChI is InChI=1S/C13H22N2O2/c1-8-12(4-5-14-8)13(17)15-9-2-3-10(15)7-11(16)6-9/h8-12,14,16H,2-7H2,1H3. The lowest BCUT2D eigenvalue weighted by atomic mass is 9.94. The number of amides is 1. The smallest absolute Gasteiger partial charge is 0.227 e. The molecule has 0 aromatic carbocycles. The van der Waals surface area contributed by atoms with Gasteiger partial charge < -0.3 is 15.3 Å². The number of nitrogens with zero attached hydrogens (tertiary/aromatic N) is 1. The van der Waals surface area contributed by atoms with Crippen LogP contribution in [0.4, 0.5) is 0 Å². The van der Waals surface area contributed by atoms with Gasteiger partial charge in [0.2, 0.25) is 5.91 Å². The van der Waals surface area contributed by atoms with E-state index in [2.05, 4.69) is 17.1 Å². The Morgan fingerprint density at radius 1 is 1.24 bits per heavy atom. The van der Waals surface area contributed by atoms with Crippen molar-refractivity contribution in [2.45, 2.75) is 63.3 Å². The van der Waals surface area contributed by atoms with Crippen LogP contribution in [0.15, 0.2) is 0 Å². The third kappa shape index (κ3) is 1.87. The van der Waals surface area contributed by atoms with Gasteiger partial charge in [-0.15, -0.1) is 0 Å². The van der Waals surface area contributed by atoms with Gasteiger partial charge in [-0.1, -0.05) is 0 Å². The second kappa shape index (κ2) is 4.25. The van der Waals surface area contributed by atoms with Gasteiger partial charge in [0.1, 0.15) is 0 Å². The highest BCUT2D eigenvalue weighted by Gasteiger charge is 2.45. The quantitative estimate of drug-likeness (QED) is 0.699. The molecular weight excluding hydrogens is 216 g/mol. The van der Waals surface area contributed by atoms with Gasteiger partial charge in [0.05, 0.1) is 12.0 Å². The summed E-state index contributed by atoms with van der Waals surface area (Å²) >= 11 is 0. The summed E-state index contributed by atoms with van der Waals surface area (Å²) in [6.07, 6.45) is 4.53. The Morgan fingerprint density at radius 2 is 1.88 bits per heavy atom. The highest BCUT2D eigenvalue weighted by molar-refractivity contribution is 5.81. The molecule has 4 atom stereocenters. The van der Waals surface area contributed by atoms with Crippen LogP contribution in [-0.2, 0) is 4.79 Å². The molecule has 3 aliphatic heterocycles. The molecule has 4 nitrogen and oxygen atoms in total. The number of rotatable bonds is 1. The molecule has 3 heterocycles. The van der Waals surface area contributed by atoms with Crippen molar-refractivity contribution >= 4 is 5.91 Å². The number of fused-ring (bicyclic) bond motifs is 2. The van der Waals surface area contributed by atoms with E-state index in [0.29, 0.717) is 24.0 Å². The van der Waals surface area contributed by atoms with E-state index in [4.69, 9.17) is 0 Å². The maximum Gasteiger partial charge on any atom is 0.227 e. The molecule has 2 N–H and O–H groups in total. The number of piperidine rings is 1. The van der Waals surface area contributed by atoms with Gasteiger partial charge >= 0.3 is 0 Å². The average Bonchev–Trinajstić information content (AvgIpc) is 2.81. The molecule has 2 bridgehead atoms. The van der Waals surface area contributed by atoms with Gasteiger partial charge in [0, 0.05) is 18.1 Å². The summed E-state index contributed by atoms with van der Waals surface area (Å²) in [5.41, 5.74) is 0. The predicted octanol–water partition coefficient (Wildman–Crippen LogP) is 0.499. The minimum absolute atomic E-state index is 0.161. The molecular formula is C13H22N2O2. The number of hydrogen-bond donors (Lipinski definition) is 2. The minimum Gasteiger partial charge on any atom is -0.393 e. The van der Waals surface area contributed by atoms with Gasteiger partial charge in [-0.05, 0) is 45.6 Å². The van der Waals surface area contributed by atoms with Crippen molar-refractivity contribution in [2.75, 3.05) is 6.54 Å². The van der Waals surface area contributed by atoms with Crippen molar-refractivity contribution in [3.05, 3.63) is 0 Å². The summed E-state index contributed by atoms with van der Waals surface area (Å²) in [5.74, 6) is 0.496. The van der Waals surface area contributed by atoms with Crippen molar-refractivity contribution in [2.24, 2.45) is 5.92 Å². The average molecular weight is 238 g/mol. The van der Waals surface area contributed by atoms with Gasteiger partial charge in [-0.25, -0.2) is 0 Å². The lowest BCUT2D eigenvalue weighted by molar-refractivity contribution is -0.142. The first-order valence-corrected chi connectivity index (χ1v) is 6.90. The maximum absolute atomic E-state index is 12.6. The molecule has 3 aliphatic rings. The topological polar surface area (TPSA) is 52.6 Å². The van der Waals surface area contributed by atoms with Crippen LogP contribution in [-0.4, -0.2) is 46.7 Å². The minimum atomic E-state index is -0.185. The van der Waals surface area contributed by atoms with E-state index in [-0.39, 0.29) is 12.0 Å². The summed E-state index contributed by atoms with van der Waals surface area (Å²) in [7, 11) is 0. The number of carbonyl (C=O) groups excluding carboxylic acids is 1. The Balaban J connectivity index is 1.74. The predicted molar refractivity (Wildman–Crippen MR) is 64.5 cm³/mol. The van der Waals surface area contributed by atoms with E-state index in [1.54, 1.807) is 0 Å². The summed E-state index contributed by atoms with van der Waals surface area (Å²) in [6.45, 7) is 3.07. The maximum atomic E-state index is 12.6. The molecule has 0 radical (unpaired) electrons. The molecule has 96 valence electrons. The molecule has 3 saturated heterocycles. The fourth-order valence-electron chi connectivity index (χ4n) is 3.90. The van der Waals surface area contributed by atoms with E-state index >= 15 is 0 Å². The zero-order valence-electron chi connectivity index (χ0n) is 10.4. The van der Waals surface area contributed by atoms with Crippen molar-refractivity contribution in [3.63, 3.8) is 0 Å². The molecule has 1 amide bonds. The molecule has 0 saturated carbocycles. The van der Waals surface area contributed by atoms with E-state index in [9.17, 15) is 9.90 Å². The molecule has 3 fully saturated rings. The molecule has 0 aromatic heterocycles. The van der Waals surface area contributed by atoms with Crippen molar-refractivity contribution in [1.82, 2.24) is 10.2 Å². The van der Waals surface area contributed by atoms with Gasteiger partial charge in [0.25, 0.3) is 0 Å². The third-order valence-corrected chi connectivity index (χ3v) is 4.81. The first-order chi connectivity index (χ1) is 8.16. The van der Waals surface area contributed by atoms with Gasteiger partial charge in [-0.3, -0.25) is 4.79 Å². The first kappa shape index (κ1) is 11.5. The van der Waals surface area contributed by atoms with Crippen molar-refractivity contribution in [3.8, 4) is 0 Å². The molecule has 3 rings (SSSR count). The summed E-state index contributed by atoms with van der Waals surface area (Å²) in [5, 5.41) is 13.1. The Bertz CT molecular complexity index is 307. The fraction of sp³-hybridized carbons (Fsp3) is 0.923. The largest absolute Gasteiger partial charge is 0.393 e. The Kier molecular flexibility index (Phi) is 2.87. The van der Waals surface area contributed by atoms with Crippen LogP contribution in [0.2, 0.25) is 0 Å². The van der Waals surface area contributed by atoms with Crippen LogP contribution in [0.3, 0.4) is 0 Å². The van der Waals surface area contributed by atoms with E-state index < -0.39 is 0 Å². The SMILES string of the molecule is CC1NCCC1C(=O)N1C2CCC1CC(O)C2. The van der Waals surface area contributed by atoms with Crippen molar-refractivity contribution in [1.29, 1.82) is 0 Å². The molecule has 4 unspecified atom stereocenters. The van der Waals surface area contributed by atoms with Crippen LogP contribution in [0.25, 0.3) is 0 Å². The normalized spacial score (nSPS) is 45.3. The van der Waals surface area contributed by atoms with Crippen LogP contribution in [0.5, 0.6) is 0 Å². The monoisotopic (exact) mass is 238 g/mol. The lowest BCUT2D eigenvalue weighted by Gasteiger charge is -2.39. The number of carbonyl (C=O) groups is 1. The third-order valence-electron chi connectivity index (χ3n) is 4.81. The summed E-state index contributed by atoms with van der Waals surface area (Å²) < 4.78 is 0. The molecule has 0 aromatic rings. The Morgan fingerprint density at radius 3 is 2.41 bits per heavy atom. The van der Waals surface area contributed by atoms with Crippen LogP contribution < -0.4 is 5.32 Å². The van der Waals surface area contributed by atoms with E-state index in [1.807, 2.05) is 0 Å². The number of nitrogens with one attached hydrogen (secondary N) is 1. The lowest BCUT2D eigenvalue weighted by Crippen LogP contribution is -2.51.